The van der Waals surface area contributed by atoms with Crippen LogP contribution in [0.3, 0.4) is 0 Å². The second-order valence-electron chi connectivity index (χ2n) is 7.74. The Bertz CT molecular complexity index is 1400. The van der Waals surface area contributed by atoms with Crippen molar-refractivity contribution in [3.05, 3.63) is 77.1 Å². The number of aliphatic hydroxyl groups is 1. The molecule has 2 N–H and O–H groups in total. The van der Waals surface area contributed by atoms with Crippen LogP contribution >= 0.6 is 11.3 Å². The summed E-state index contributed by atoms with van der Waals surface area (Å²) in [7, 11) is 0. The molecule has 1 aromatic carbocycles. The fourth-order valence-corrected chi connectivity index (χ4v) is 3.88. The molecule has 0 aliphatic heterocycles. The molecule has 0 saturated heterocycles. The van der Waals surface area contributed by atoms with Gasteiger partial charge in [-0.1, -0.05) is 17.2 Å². The Morgan fingerprint density at radius 3 is 2.68 bits per heavy atom. The van der Waals surface area contributed by atoms with E-state index in [0.717, 1.165) is 17.4 Å². The molecular weight excluding hydrogens is 511 g/mol. The minimum atomic E-state index is -3.19. The highest BCUT2D eigenvalue weighted by molar-refractivity contribution is 7.17. The highest BCUT2D eigenvalue weighted by atomic mass is 32.1. The van der Waals surface area contributed by atoms with Gasteiger partial charge in [-0.25, -0.2) is 4.39 Å². The summed E-state index contributed by atoms with van der Waals surface area (Å²) in [4.78, 5) is 21.3. The quantitative estimate of drug-likeness (QED) is 0.312. The number of alkyl halides is 2. The summed E-state index contributed by atoms with van der Waals surface area (Å²) in [6.07, 6.45) is 2.11. The Labute approximate surface area is 213 Å². The zero-order valence-corrected chi connectivity index (χ0v) is 20.3. The lowest BCUT2D eigenvalue weighted by Crippen LogP contribution is -2.14. The average Bonchev–Trinajstić information content (AvgIpc) is 3.30. The second kappa shape index (κ2) is 11.3. The molecule has 0 bridgehead atoms. The lowest BCUT2D eigenvalue weighted by atomic mass is 9.98. The van der Waals surface area contributed by atoms with Crippen LogP contribution in [0.2, 0.25) is 0 Å². The molecule has 1 amide bonds. The molecule has 0 fully saturated rings. The molecule has 4 rings (SSSR count). The van der Waals surface area contributed by atoms with Crippen LogP contribution < -0.4 is 14.8 Å². The Hall–Kier alpha value is -4.10. The van der Waals surface area contributed by atoms with Crippen LogP contribution in [0.4, 0.5) is 18.3 Å². The van der Waals surface area contributed by atoms with Crippen molar-refractivity contribution in [3.63, 3.8) is 0 Å². The summed E-state index contributed by atoms with van der Waals surface area (Å²) in [5.41, 5.74) is 1.32. The number of benzene rings is 1. The summed E-state index contributed by atoms with van der Waals surface area (Å²) < 4.78 is 50.6. The maximum Gasteiger partial charge on any atom is 0.387 e. The summed E-state index contributed by atoms with van der Waals surface area (Å²) in [5, 5.41) is 20.1. The molecule has 9 nitrogen and oxygen atoms in total. The number of ether oxygens (including phenoxy) is 2. The predicted octanol–water partition coefficient (Wildman–Crippen LogP) is 4.93. The molecule has 0 aliphatic rings. The molecule has 0 radical (unpaired) electrons. The van der Waals surface area contributed by atoms with Crippen molar-refractivity contribution in [1.29, 1.82) is 0 Å². The number of aliphatic hydroxyl groups excluding tert-OH is 1. The van der Waals surface area contributed by atoms with Crippen LogP contribution in [-0.4, -0.2) is 37.8 Å². The number of hydrogen-bond acceptors (Lipinski definition) is 9. The van der Waals surface area contributed by atoms with E-state index in [1.54, 1.807) is 26.0 Å². The van der Waals surface area contributed by atoms with Crippen LogP contribution in [0.15, 0.2) is 48.8 Å². The SMILES string of the molecule is Cc1cc(-c2c(F)cccc2OC(F)F)c(C(=O)Nc2nnc(OCc3ccc([C@H](C)O)cn3)s2)cn1. The summed E-state index contributed by atoms with van der Waals surface area (Å²) in [6, 6.07) is 8.31. The Morgan fingerprint density at radius 1 is 1.16 bits per heavy atom. The number of hydrogen-bond donors (Lipinski definition) is 2. The van der Waals surface area contributed by atoms with Crippen LogP contribution in [0, 0.1) is 12.7 Å². The first kappa shape index (κ1) is 26.0. The van der Waals surface area contributed by atoms with E-state index in [-0.39, 0.29) is 33.6 Å². The Kier molecular flexibility index (Phi) is 7.94. The first-order valence-electron chi connectivity index (χ1n) is 10.8. The van der Waals surface area contributed by atoms with E-state index in [1.165, 1.54) is 30.6 Å². The molecule has 0 unspecified atom stereocenters. The number of carbonyl (C=O) groups excluding carboxylic acids is 1. The molecule has 1 atom stereocenters. The number of nitrogens with one attached hydrogen (secondary N) is 1. The van der Waals surface area contributed by atoms with E-state index in [1.807, 2.05) is 0 Å². The predicted molar refractivity (Wildman–Crippen MR) is 128 cm³/mol. The zero-order valence-electron chi connectivity index (χ0n) is 19.5. The van der Waals surface area contributed by atoms with Crippen molar-refractivity contribution in [2.75, 3.05) is 5.32 Å². The summed E-state index contributed by atoms with van der Waals surface area (Å²) >= 11 is 0.940. The zero-order chi connectivity index (χ0) is 26.5. The Balaban J connectivity index is 1.52. The normalized spacial score (nSPS) is 11.9. The average molecular weight is 532 g/mol. The standard InChI is InChI=1S/C24H20F3N5O4S/c1-12-8-16(20-18(25)4-3-5-19(20)36-22(26)27)17(10-28-12)21(34)30-23-31-32-24(37-23)35-11-15-7-6-14(9-29-15)13(2)33/h3-10,13,22,33H,11H2,1-2H3,(H,30,31,34)/t13-/m0/s1. The molecule has 4 aromatic rings. The first-order chi connectivity index (χ1) is 17.7. The topological polar surface area (TPSA) is 119 Å². The number of rotatable bonds is 9. The molecule has 3 aromatic heterocycles. The third-order valence-corrected chi connectivity index (χ3v) is 5.80. The van der Waals surface area contributed by atoms with Crippen LogP contribution in [0.5, 0.6) is 10.9 Å². The third-order valence-electron chi connectivity index (χ3n) is 5.05. The molecule has 3 heterocycles. The molecule has 0 saturated carbocycles. The van der Waals surface area contributed by atoms with Crippen LogP contribution in [-0.2, 0) is 6.61 Å². The largest absolute Gasteiger partial charge is 0.462 e. The molecule has 192 valence electrons. The highest BCUT2D eigenvalue weighted by Crippen LogP contribution is 2.36. The van der Waals surface area contributed by atoms with Crippen LogP contribution in [0.1, 0.15) is 40.3 Å². The number of carbonyl (C=O) groups is 1. The van der Waals surface area contributed by atoms with Gasteiger partial charge in [0.15, 0.2) is 0 Å². The highest BCUT2D eigenvalue weighted by Gasteiger charge is 2.23. The van der Waals surface area contributed by atoms with Crippen molar-refractivity contribution in [2.45, 2.75) is 33.2 Å². The van der Waals surface area contributed by atoms with Gasteiger partial charge in [0.2, 0.25) is 5.13 Å². The van der Waals surface area contributed by atoms with Gasteiger partial charge in [0.1, 0.15) is 18.2 Å². The fraction of sp³-hybridized carbons (Fsp3) is 0.208. The third kappa shape index (κ3) is 6.37. The second-order valence-corrected chi connectivity index (χ2v) is 8.68. The fourth-order valence-electron chi connectivity index (χ4n) is 3.29. The van der Waals surface area contributed by atoms with Gasteiger partial charge < -0.3 is 14.6 Å². The van der Waals surface area contributed by atoms with Crippen LogP contribution in [0.25, 0.3) is 11.1 Å². The maximum atomic E-state index is 14.7. The van der Waals surface area contributed by atoms with Crippen molar-refractivity contribution < 1.29 is 32.5 Å². The lowest BCUT2D eigenvalue weighted by molar-refractivity contribution is -0.0495. The Morgan fingerprint density at radius 2 is 1.97 bits per heavy atom. The molecule has 37 heavy (non-hydrogen) atoms. The van der Waals surface area contributed by atoms with Gasteiger partial charge in [-0.15, -0.1) is 5.10 Å². The lowest BCUT2D eigenvalue weighted by Gasteiger charge is -2.15. The monoisotopic (exact) mass is 531 g/mol. The number of amides is 1. The molecule has 0 spiro atoms. The van der Waals surface area contributed by atoms with Crippen molar-refractivity contribution in [2.24, 2.45) is 0 Å². The molecule has 13 heteroatoms. The van der Waals surface area contributed by atoms with Gasteiger partial charge in [-0.3, -0.25) is 20.1 Å². The minimum Gasteiger partial charge on any atom is -0.462 e. The molecule has 0 aliphatic carbocycles. The van der Waals surface area contributed by atoms with Gasteiger partial charge >= 0.3 is 6.61 Å². The van der Waals surface area contributed by atoms with Gasteiger partial charge in [0.25, 0.3) is 11.1 Å². The van der Waals surface area contributed by atoms with Crippen molar-refractivity contribution in [3.8, 4) is 22.1 Å². The number of aryl methyl sites for hydroxylation is 1. The first-order valence-corrected chi connectivity index (χ1v) is 11.6. The van der Waals surface area contributed by atoms with Crippen molar-refractivity contribution >= 4 is 22.4 Å². The summed E-state index contributed by atoms with van der Waals surface area (Å²) in [6.45, 7) is 0.133. The van der Waals surface area contributed by atoms with E-state index >= 15 is 0 Å². The van der Waals surface area contributed by atoms with E-state index in [2.05, 4.69) is 30.2 Å². The number of anilines is 1. The van der Waals surface area contributed by atoms with E-state index in [9.17, 15) is 23.1 Å². The van der Waals surface area contributed by atoms with Gasteiger partial charge in [-0.2, -0.15) is 8.78 Å². The van der Waals surface area contributed by atoms with E-state index in [4.69, 9.17) is 4.74 Å². The number of aromatic nitrogens is 4. The number of nitrogens with zero attached hydrogens (tertiary/aromatic N) is 4. The van der Waals surface area contributed by atoms with E-state index in [0.29, 0.717) is 17.0 Å². The maximum absolute atomic E-state index is 14.7. The van der Waals surface area contributed by atoms with Gasteiger partial charge in [-0.05, 0) is 55.0 Å². The van der Waals surface area contributed by atoms with E-state index < -0.39 is 30.2 Å². The smallest absolute Gasteiger partial charge is 0.387 e. The molecular formula is C24H20F3N5O4S. The van der Waals surface area contributed by atoms with Gasteiger partial charge in [0, 0.05) is 23.7 Å². The summed E-state index contributed by atoms with van der Waals surface area (Å²) in [5.74, 6) is -1.98. The van der Waals surface area contributed by atoms with Crippen molar-refractivity contribution in [1.82, 2.24) is 20.2 Å². The number of pyridine rings is 2. The van der Waals surface area contributed by atoms with Gasteiger partial charge in [0.05, 0.1) is 22.9 Å². The number of halogens is 3. The minimum absolute atomic E-state index is 0.0199.